The third-order valence-electron chi connectivity index (χ3n) is 2.90. The number of nitrogens with zero attached hydrogens (tertiary/aromatic N) is 1. The van der Waals surface area contributed by atoms with Crippen LogP contribution in [0.15, 0.2) is 12.1 Å². The SMILES string of the molecule is CC(C)(C)OC(=O)N1CCCC1C=O.NC(=O)c1ccc(Cl)s1. The number of likely N-dealkylation sites (tertiary alicyclic amines) is 1. The lowest BCUT2D eigenvalue weighted by Gasteiger charge is -2.26. The maximum absolute atomic E-state index is 11.6. The largest absolute Gasteiger partial charge is 0.444 e. The summed E-state index contributed by atoms with van der Waals surface area (Å²) >= 11 is 6.70. The summed E-state index contributed by atoms with van der Waals surface area (Å²) in [6, 6.07) is 2.96. The molecule has 1 aromatic heterocycles. The Bertz CT molecular complexity index is 568. The van der Waals surface area contributed by atoms with Crippen LogP contribution in [-0.2, 0) is 9.53 Å². The topological polar surface area (TPSA) is 89.7 Å². The van der Waals surface area contributed by atoms with Gasteiger partial charge in [0.15, 0.2) is 0 Å². The first-order valence-corrected chi connectivity index (χ1v) is 8.33. The van der Waals surface area contributed by atoms with Crippen LogP contribution in [0.25, 0.3) is 0 Å². The fourth-order valence-electron chi connectivity index (χ4n) is 1.93. The first kappa shape index (κ1) is 19.4. The second-order valence-electron chi connectivity index (χ2n) is 5.99. The van der Waals surface area contributed by atoms with E-state index in [1.807, 2.05) is 20.8 Å². The van der Waals surface area contributed by atoms with Crippen LogP contribution in [0.2, 0.25) is 4.34 Å². The van der Waals surface area contributed by atoms with Gasteiger partial charge in [0.05, 0.1) is 15.3 Å². The lowest BCUT2D eigenvalue weighted by molar-refractivity contribution is -0.111. The van der Waals surface area contributed by atoms with Gasteiger partial charge in [0.2, 0.25) is 0 Å². The lowest BCUT2D eigenvalue weighted by atomic mass is 10.2. The number of hydrogen-bond acceptors (Lipinski definition) is 5. The number of rotatable bonds is 2. The summed E-state index contributed by atoms with van der Waals surface area (Å²) in [6.07, 6.45) is 2.06. The number of aldehydes is 1. The molecule has 128 valence electrons. The molecule has 0 aliphatic carbocycles. The van der Waals surface area contributed by atoms with Crippen molar-refractivity contribution in [3.05, 3.63) is 21.3 Å². The highest BCUT2D eigenvalue weighted by atomic mass is 35.5. The second-order valence-corrected chi connectivity index (χ2v) is 7.70. The van der Waals surface area contributed by atoms with Gasteiger partial charge in [-0.2, -0.15) is 0 Å². The predicted octanol–water partition coefficient (Wildman–Crippen LogP) is 3.09. The Morgan fingerprint density at radius 1 is 1.43 bits per heavy atom. The Balaban J connectivity index is 0.000000253. The number of thiophene rings is 1. The minimum atomic E-state index is -0.493. The van der Waals surface area contributed by atoms with E-state index in [1.165, 1.54) is 16.2 Å². The van der Waals surface area contributed by atoms with Gasteiger partial charge in [-0.05, 0) is 45.7 Å². The van der Waals surface area contributed by atoms with Crippen LogP contribution >= 0.6 is 22.9 Å². The van der Waals surface area contributed by atoms with Gasteiger partial charge in [0.25, 0.3) is 5.91 Å². The first-order chi connectivity index (χ1) is 10.6. The summed E-state index contributed by atoms with van der Waals surface area (Å²) in [5.41, 5.74) is 4.45. The molecular formula is C15H21ClN2O4S. The van der Waals surface area contributed by atoms with Crippen molar-refractivity contribution in [1.82, 2.24) is 4.90 Å². The Kier molecular flexibility index (Phi) is 7.02. The molecule has 1 aliphatic heterocycles. The maximum Gasteiger partial charge on any atom is 0.410 e. The van der Waals surface area contributed by atoms with Crippen molar-refractivity contribution in [2.24, 2.45) is 5.73 Å². The molecule has 2 heterocycles. The molecule has 0 spiro atoms. The quantitative estimate of drug-likeness (QED) is 0.820. The highest BCUT2D eigenvalue weighted by molar-refractivity contribution is 7.17. The third kappa shape index (κ3) is 6.58. The van der Waals surface area contributed by atoms with E-state index in [-0.39, 0.29) is 12.1 Å². The maximum atomic E-state index is 11.6. The number of halogens is 1. The zero-order valence-electron chi connectivity index (χ0n) is 13.4. The van der Waals surface area contributed by atoms with Crippen molar-refractivity contribution >= 4 is 41.2 Å². The number of carbonyl (C=O) groups excluding carboxylic acids is 3. The summed E-state index contributed by atoms with van der Waals surface area (Å²) in [4.78, 5) is 34.6. The standard InChI is InChI=1S/C10H17NO3.C5H4ClNOS/c1-10(2,3)14-9(13)11-6-4-5-8(11)7-12;6-4-2-1-3(9-4)5(7)8/h7-8H,4-6H2,1-3H3;1-2H,(H2,7,8). The number of primary amides is 1. The molecule has 1 fully saturated rings. The zero-order valence-corrected chi connectivity index (χ0v) is 14.9. The summed E-state index contributed by atoms with van der Waals surface area (Å²) < 4.78 is 5.77. The van der Waals surface area contributed by atoms with E-state index < -0.39 is 11.5 Å². The van der Waals surface area contributed by atoms with Crippen LogP contribution in [0.4, 0.5) is 4.79 Å². The van der Waals surface area contributed by atoms with Crippen molar-refractivity contribution < 1.29 is 19.1 Å². The number of ether oxygens (including phenoxy) is 1. The van der Waals surface area contributed by atoms with Gasteiger partial charge in [-0.15, -0.1) is 11.3 Å². The molecule has 0 radical (unpaired) electrons. The van der Waals surface area contributed by atoms with Crippen LogP contribution in [0.5, 0.6) is 0 Å². The molecule has 1 atom stereocenters. The Labute approximate surface area is 144 Å². The molecule has 23 heavy (non-hydrogen) atoms. The van der Waals surface area contributed by atoms with Crippen LogP contribution in [0.1, 0.15) is 43.3 Å². The molecule has 1 aromatic rings. The van der Waals surface area contributed by atoms with Gasteiger partial charge in [-0.1, -0.05) is 11.6 Å². The summed E-state index contributed by atoms with van der Waals surface area (Å²) in [5.74, 6) is -0.424. The average Bonchev–Trinajstić information content (AvgIpc) is 3.05. The van der Waals surface area contributed by atoms with E-state index in [0.29, 0.717) is 15.8 Å². The number of hydrogen-bond donors (Lipinski definition) is 1. The number of carbonyl (C=O) groups is 3. The smallest absolute Gasteiger partial charge is 0.410 e. The average molecular weight is 361 g/mol. The van der Waals surface area contributed by atoms with E-state index in [4.69, 9.17) is 22.1 Å². The van der Waals surface area contributed by atoms with Crippen molar-refractivity contribution in [3.8, 4) is 0 Å². The molecule has 0 saturated carbocycles. The van der Waals surface area contributed by atoms with E-state index in [1.54, 1.807) is 12.1 Å². The van der Waals surface area contributed by atoms with Crippen LogP contribution in [-0.4, -0.2) is 41.4 Å². The van der Waals surface area contributed by atoms with Crippen LogP contribution in [0.3, 0.4) is 0 Å². The summed E-state index contributed by atoms with van der Waals surface area (Å²) in [5, 5.41) is 0. The monoisotopic (exact) mass is 360 g/mol. The summed E-state index contributed by atoms with van der Waals surface area (Å²) in [7, 11) is 0. The minimum Gasteiger partial charge on any atom is -0.444 e. The molecule has 6 nitrogen and oxygen atoms in total. The van der Waals surface area contributed by atoms with Crippen molar-refractivity contribution in [2.75, 3.05) is 6.54 Å². The minimum absolute atomic E-state index is 0.287. The summed E-state index contributed by atoms with van der Waals surface area (Å²) in [6.45, 7) is 6.07. The highest BCUT2D eigenvalue weighted by Gasteiger charge is 2.31. The van der Waals surface area contributed by atoms with E-state index in [9.17, 15) is 14.4 Å². The molecular weight excluding hydrogens is 340 g/mol. The number of amides is 2. The molecule has 0 aromatic carbocycles. The molecule has 1 unspecified atom stereocenters. The van der Waals surface area contributed by atoms with Crippen molar-refractivity contribution in [2.45, 2.75) is 45.3 Å². The van der Waals surface area contributed by atoms with Crippen molar-refractivity contribution in [1.29, 1.82) is 0 Å². The fraction of sp³-hybridized carbons (Fsp3) is 0.533. The molecule has 0 bridgehead atoms. The molecule has 1 aliphatic rings. The van der Waals surface area contributed by atoms with E-state index >= 15 is 0 Å². The molecule has 8 heteroatoms. The van der Waals surface area contributed by atoms with Crippen LogP contribution < -0.4 is 5.73 Å². The van der Waals surface area contributed by atoms with Crippen LogP contribution in [0, 0.1) is 0 Å². The van der Waals surface area contributed by atoms with Crippen molar-refractivity contribution in [3.63, 3.8) is 0 Å². The normalized spacial score (nSPS) is 17.2. The molecule has 2 rings (SSSR count). The van der Waals surface area contributed by atoms with Gasteiger partial charge >= 0.3 is 6.09 Å². The third-order valence-corrected chi connectivity index (χ3v) is 4.15. The van der Waals surface area contributed by atoms with Gasteiger partial charge in [0.1, 0.15) is 11.9 Å². The Morgan fingerprint density at radius 3 is 2.48 bits per heavy atom. The highest BCUT2D eigenvalue weighted by Crippen LogP contribution is 2.20. The predicted molar refractivity (Wildman–Crippen MR) is 89.9 cm³/mol. The van der Waals surface area contributed by atoms with Gasteiger partial charge < -0.3 is 15.3 Å². The Hall–Kier alpha value is -1.60. The van der Waals surface area contributed by atoms with Gasteiger partial charge in [-0.3, -0.25) is 9.69 Å². The first-order valence-electron chi connectivity index (χ1n) is 7.14. The van der Waals surface area contributed by atoms with Gasteiger partial charge in [0, 0.05) is 6.54 Å². The van der Waals surface area contributed by atoms with Gasteiger partial charge in [-0.25, -0.2) is 4.79 Å². The lowest BCUT2D eigenvalue weighted by Crippen LogP contribution is -2.40. The van der Waals surface area contributed by atoms with E-state index in [2.05, 4.69) is 0 Å². The zero-order chi connectivity index (χ0) is 17.6. The molecule has 2 N–H and O–H groups in total. The van der Waals surface area contributed by atoms with E-state index in [0.717, 1.165) is 19.1 Å². The second kappa shape index (κ2) is 8.31. The Morgan fingerprint density at radius 2 is 2.09 bits per heavy atom. The number of nitrogens with two attached hydrogens (primary N) is 1. The molecule has 2 amide bonds. The molecule has 1 saturated heterocycles. The fourth-order valence-corrected chi connectivity index (χ4v) is 2.82.